The summed E-state index contributed by atoms with van der Waals surface area (Å²) in [6, 6.07) is 4.38. The van der Waals surface area contributed by atoms with Crippen LogP contribution in [0, 0.1) is 5.82 Å². The number of fused-ring (bicyclic) bond motifs is 1. The molecular weight excluding hydrogens is 197 g/mol. The molecule has 0 bridgehead atoms. The normalized spacial score (nSPS) is 14.6. The maximum absolute atomic E-state index is 12.9. The molecule has 1 N–H and O–H groups in total. The minimum absolute atomic E-state index is 0.304. The fourth-order valence-electron chi connectivity index (χ4n) is 1.59. The Balaban J connectivity index is 2.36. The minimum Gasteiger partial charge on any atom is -0.465 e. The van der Waals surface area contributed by atoms with Gasteiger partial charge in [-0.15, -0.1) is 0 Å². The van der Waals surface area contributed by atoms with Gasteiger partial charge in [0.25, 0.3) is 0 Å². The monoisotopic (exact) mass is 207 g/mol. The van der Waals surface area contributed by atoms with Crippen molar-refractivity contribution in [3.8, 4) is 0 Å². The maximum Gasteiger partial charge on any atom is 0.407 e. The number of hydrogen-bond acceptors (Lipinski definition) is 1. The van der Waals surface area contributed by atoms with E-state index < -0.39 is 6.09 Å². The fraction of sp³-hybridized carbons (Fsp3) is 0.182. The van der Waals surface area contributed by atoms with Crippen molar-refractivity contribution < 1.29 is 14.3 Å². The second-order valence-corrected chi connectivity index (χ2v) is 3.41. The molecule has 1 heterocycles. The third-order valence-electron chi connectivity index (χ3n) is 2.36. The van der Waals surface area contributed by atoms with Crippen LogP contribution in [0.5, 0.6) is 0 Å². The summed E-state index contributed by atoms with van der Waals surface area (Å²) in [5.41, 5.74) is 1.58. The fourth-order valence-corrected chi connectivity index (χ4v) is 1.59. The number of amides is 1. The molecule has 1 aromatic carbocycles. The predicted octanol–water partition coefficient (Wildman–Crippen LogP) is 2.33. The summed E-state index contributed by atoms with van der Waals surface area (Å²) in [5.74, 6) is -0.304. The van der Waals surface area contributed by atoms with Crippen molar-refractivity contribution in [3.63, 3.8) is 0 Å². The number of carbonyl (C=O) groups is 1. The van der Waals surface area contributed by atoms with Gasteiger partial charge in [-0.05, 0) is 23.3 Å². The van der Waals surface area contributed by atoms with E-state index in [1.54, 1.807) is 18.2 Å². The van der Waals surface area contributed by atoms with Gasteiger partial charge in [0, 0.05) is 13.1 Å². The molecule has 0 aliphatic carbocycles. The van der Waals surface area contributed by atoms with Crippen molar-refractivity contribution >= 4 is 12.2 Å². The lowest BCUT2D eigenvalue weighted by Gasteiger charge is -2.16. The standard InChI is InChI=1S/C11H10FNO2/c12-10-4-3-9-7-13(11(14)15)5-1-2-8(9)6-10/h1-4,6H,5,7H2,(H,14,15). The quantitative estimate of drug-likeness (QED) is 0.709. The first-order chi connectivity index (χ1) is 7.16. The van der Waals surface area contributed by atoms with Gasteiger partial charge in [-0.3, -0.25) is 0 Å². The molecule has 4 heteroatoms. The van der Waals surface area contributed by atoms with E-state index in [4.69, 9.17) is 5.11 Å². The van der Waals surface area contributed by atoms with Crippen LogP contribution in [0.15, 0.2) is 24.3 Å². The molecule has 0 unspecified atom stereocenters. The molecule has 15 heavy (non-hydrogen) atoms. The van der Waals surface area contributed by atoms with E-state index in [1.165, 1.54) is 17.0 Å². The first-order valence-corrected chi connectivity index (χ1v) is 4.59. The van der Waals surface area contributed by atoms with E-state index in [1.807, 2.05) is 0 Å². The average molecular weight is 207 g/mol. The molecule has 1 amide bonds. The molecule has 0 fully saturated rings. The van der Waals surface area contributed by atoms with Crippen LogP contribution in [0.1, 0.15) is 11.1 Å². The molecule has 0 aromatic heterocycles. The Kier molecular flexibility index (Phi) is 2.41. The highest BCUT2D eigenvalue weighted by Crippen LogP contribution is 2.18. The minimum atomic E-state index is -0.961. The van der Waals surface area contributed by atoms with E-state index in [2.05, 4.69) is 0 Å². The number of nitrogens with zero attached hydrogens (tertiary/aromatic N) is 1. The zero-order valence-electron chi connectivity index (χ0n) is 7.98. The second kappa shape index (κ2) is 3.73. The van der Waals surface area contributed by atoms with Gasteiger partial charge >= 0.3 is 6.09 Å². The van der Waals surface area contributed by atoms with Crippen LogP contribution in [0.25, 0.3) is 6.08 Å². The van der Waals surface area contributed by atoms with Crippen molar-refractivity contribution in [2.24, 2.45) is 0 Å². The van der Waals surface area contributed by atoms with Gasteiger partial charge in [0.1, 0.15) is 5.82 Å². The SMILES string of the molecule is O=C(O)N1CC=Cc2cc(F)ccc2C1. The molecular formula is C11H10FNO2. The lowest BCUT2D eigenvalue weighted by Crippen LogP contribution is -2.28. The lowest BCUT2D eigenvalue weighted by molar-refractivity contribution is 0.148. The molecule has 1 aliphatic rings. The van der Waals surface area contributed by atoms with Crippen molar-refractivity contribution in [2.75, 3.05) is 6.54 Å². The Morgan fingerprint density at radius 3 is 3.00 bits per heavy atom. The van der Waals surface area contributed by atoms with Crippen molar-refractivity contribution in [3.05, 3.63) is 41.2 Å². The van der Waals surface area contributed by atoms with E-state index in [-0.39, 0.29) is 5.82 Å². The molecule has 1 aromatic rings. The maximum atomic E-state index is 12.9. The molecule has 1 aliphatic heterocycles. The van der Waals surface area contributed by atoms with E-state index in [9.17, 15) is 9.18 Å². The summed E-state index contributed by atoms with van der Waals surface area (Å²) in [5, 5.41) is 8.86. The third-order valence-corrected chi connectivity index (χ3v) is 2.36. The highest BCUT2D eigenvalue weighted by atomic mass is 19.1. The predicted molar refractivity (Wildman–Crippen MR) is 53.9 cm³/mol. The van der Waals surface area contributed by atoms with Gasteiger partial charge in [0.15, 0.2) is 0 Å². The van der Waals surface area contributed by atoms with Crippen molar-refractivity contribution in [1.82, 2.24) is 4.90 Å². The number of benzene rings is 1. The first kappa shape index (κ1) is 9.71. The van der Waals surface area contributed by atoms with Gasteiger partial charge in [-0.1, -0.05) is 18.2 Å². The van der Waals surface area contributed by atoms with Crippen LogP contribution < -0.4 is 0 Å². The van der Waals surface area contributed by atoms with Crippen LogP contribution in [0.3, 0.4) is 0 Å². The zero-order valence-corrected chi connectivity index (χ0v) is 7.98. The Bertz CT molecular complexity index is 429. The Hall–Kier alpha value is -1.84. The lowest BCUT2D eigenvalue weighted by atomic mass is 10.1. The van der Waals surface area contributed by atoms with Gasteiger partial charge < -0.3 is 10.0 Å². The summed E-state index contributed by atoms with van der Waals surface area (Å²) < 4.78 is 12.9. The Labute approximate surface area is 86.4 Å². The molecule has 0 radical (unpaired) electrons. The van der Waals surface area contributed by atoms with Crippen molar-refractivity contribution in [2.45, 2.75) is 6.54 Å². The van der Waals surface area contributed by atoms with Gasteiger partial charge in [-0.25, -0.2) is 9.18 Å². The molecule has 0 spiro atoms. The van der Waals surface area contributed by atoms with Crippen LogP contribution in [-0.2, 0) is 6.54 Å². The first-order valence-electron chi connectivity index (χ1n) is 4.59. The molecule has 0 saturated heterocycles. The molecule has 0 saturated carbocycles. The van der Waals surface area contributed by atoms with Gasteiger partial charge in [-0.2, -0.15) is 0 Å². The number of carboxylic acid groups (broad SMARTS) is 1. The summed E-state index contributed by atoms with van der Waals surface area (Å²) in [7, 11) is 0. The average Bonchev–Trinajstić information content (AvgIpc) is 2.39. The largest absolute Gasteiger partial charge is 0.465 e. The highest BCUT2D eigenvalue weighted by molar-refractivity contribution is 5.67. The van der Waals surface area contributed by atoms with E-state index >= 15 is 0 Å². The Morgan fingerprint density at radius 1 is 1.47 bits per heavy atom. The van der Waals surface area contributed by atoms with Crippen LogP contribution in [0.2, 0.25) is 0 Å². The van der Waals surface area contributed by atoms with E-state index in [0.29, 0.717) is 13.1 Å². The Morgan fingerprint density at radius 2 is 2.27 bits per heavy atom. The van der Waals surface area contributed by atoms with Gasteiger partial charge in [0.05, 0.1) is 0 Å². The van der Waals surface area contributed by atoms with Crippen molar-refractivity contribution in [1.29, 1.82) is 0 Å². The summed E-state index contributed by atoms with van der Waals surface area (Å²) in [4.78, 5) is 12.1. The molecule has 0 atom stereocenters. The molecule has 3 nitrogen and oxygen atoms in total. The smallest absolute Gasteiger partial charge is 0.407 e. The molecule has 78 valence electrons. The highest BCUT2D eigenvalue weighted by Gasteiger charge is 2.15. The summed E-state index contributed by atoms with van der Waals surface area (Å²) in [6.07, 6.45) is 2.51. The zero-order chi connectivity index (χ0) is 10.8. The summed E-state index contributed by atoms with van der Waals surface area (Å²) >= 11 is 0. The number of hydrogen-bond donors (Lipinski definition) is 1. The molecule has 2 rings (SSSR count). The summed E-state index contributed by atoms with van der Waals surface area (Å²) in [6.45, 7) is 0.642. The number of halogens is 1. The van der Waals surface area contributed by atoms with Crippen LogP contribution >= 0.6 is 0 Å². The topological polar surface area (TPSA) is 40.5 Å². The van der Waals surface area contributed by atoms with Crippen LogP contribution in [0.4, 0.5) is 9.18 Å². The van der Waals surface area contributed by atoms with Gasteiger partial charge in [0.2, 0.25) is 0 Å². The second-order valence-electron chi connectivity index (χ2n) is 3.41. The van der Waals surface area contributed by atoms with E-state index in [0.717, 1.165) is 11.1 Å². The third kappa shape index (κ3) is 1.98. The van der Waals surface area contributed by atoms with Crippen LogP contribution in [-0.4, -0.2) is 22.6 Å². The number of rotatable bonds is 0.